The van der Waals surface area contributed by atoms with E-state index < -0.39 is 0 Å². The number of fused-ring (bicyclic) bond motifs is 1. The second-order valence-corrected chi connectivity index (χ2v) is 9.68. The van der Waals surface area contributed by atoms with E-state index in [9.17, 15) is 4.79 Å². The number of carbonyl (C=O) groups excluding carboxylic acids is 1. The zero-order valence-electron chi connectivity index (χ0n) is 19.4. The van der Waals surface area contributed by atoms with Crippen molar-refractivity contribution in [3.05, 3.63) is 100 Å². The maximum atomic E-state index is 13.4. The van der Waals surface area contributed by atoms with Gasteiger partial charge in [-0.15, -0.1) is 0 Å². The van der Waals surface area contributed by atoms with Gasteiger partial charge in [0.05, 0.1) is 12.2 Å². The van der Waals surface area contributed by atoms with Crippen molar-refractivity contribution >= 4 is 61.8 Å². The lowest BCUT2D eigenvalue weighted by Crippen LogP contribution is -2.30. The molecule has 3 aromatic carbocycles. The average molecular weight is 546 g/mol. The molecule has 0 N–H and O–H groups in total. The van der Waals surface area contributed by atoms with Crippen LogP contribution in [0.15, 0.2) is 89.2 Å². The average Bonchev–Trinajstić information content (AvgIpc) is 3.30. The van der Waals surface area contributed by atoms with E-state index in [-0.39, 0.29) is 5.91 Å². The molecule has 7 heteroatoms. The predicted molar refractivity (Wildman–Crippen MR) is 149 cm³/mol. The molecule has 1 fully saturated rings. The molecule has 35 heavy (non-hydrogen) atoms. The van der Waals surface area contributed by atoms with E-state index in [1.807, 2.05) is 80.7 Å². The lowest BCUT2D eigenvalue weighted by Gasteiger charge is -2.16. The zero-order chi connectivity index (χ0) is 24.5. The van der Waals surface area contributed by atoms with Gasteiger partial charge in [-0.1, -0.05) is 52.3 Å². The van der Waals surface area contributed by atoms with Crippen LogP contribution in [0.1, 0.15) is 11.1 Å². The number of nitrogens with zero attached hydrogens (tertiary/aromatic N) is 3. The quantitative estimate of drug-likeness (QED) is 0.207. The van der Waals surface area contributed by atoms with Crippen LogP contribution in [0.5, 0.6) is 5.75 Å². The summed E-state index contributed by atoms with van der Waals surface area (Å²) in [7, 11) is 1.83. The highest BCUT2D eigenvalue weighted by Gasteiger charge is 2.36. The number of anilines is 1. The van der Waals surface area contributed by atoms with Crippen molar-refractivity contribution in [1.82, 2.24) is 9.47 Å². The summed E-state index contributed by atoms with van der Waals surface area (Å²) in [5.74, 6) is 0.754. The summed E-state index contributed by atoms with van der Waals surface area (Å²) in [5.41, 5.74) is 4.43. The fraction of sp³-hybridized carbons (Fsp3) is 0.143. The lowest BCUT2D eigenvalue weighted by atomic mass is 10.1. The maximum absolute atomic E-state index is 13.4. The van der Waals surface area contributed by atoms with Gasteiger partial charge in [-0.2, -0.15) is 0 Å². The minimum Gasteiger partial charge on any atom is -0.491 e. The van der Waals surface area contributed by atoms with Crippen molar-refractivity contribution in [3.63, 3.8) is 0 Å². The number of para-hydroxylation sites is 2. The highest BCUT2D eigenvalue weighted by Crippen LogP contribution is 2.31. The van der Waals surface area contributed by atoms with E-state index in [0.29, 0.717) is 24.0 Å². The second-order valence-electron chi connectivity index (χ2n) is 8.40. The minimum absolute atomic E-state index is 0.137. The van der Waals surface area contributed by atoms with Crippen LogP contribution in [0.4, 0.5) is 5.69 Å². The number of ether oxygens (including phenoxy) is 1. The standard InChI is InChI=1S/C28H24BrN3O2S/c1-19-8-6-7-11-26(19)34-15-14-31-18-20(23-17-21(29)12-13-24(23)31)16-25-27(33)32(28(35)30(25)2)22-9-4-3-5-10-22/h3-13,16-18H,14-15H2,1-2H3/b25-16-. The highest BCUT2D eigenvalue weighted by molar-refractivity contribution is 9.10. The van der Waals surface area contributed by atoms with Crippen LogP contribution in [-0.2, 0) is 11.3 Å². The summed E-state index contributed by atoms with van der Waals surface area (Å²) in [6.45, 7) is 3.25. The van der Waals surface area contributed by atoms with Crippen LogP contribution in [0.3, 0.4) is 0 Å². The van der Waals surface area contributed by atoms with Gasteiger partial charge in [-0.3, -0.25) is 9.69 Å². The first-order valence-corrected chi connectivity index (χ1v) is 12.5. The summed E-state index contributed by atoms with van der Waals surface area (Å²) in [4.78, 5) is 16.7. The van der Waals surface area contributed by atoms with E-state index >= 15 is 0 Å². The molecule has 1 aliphatic heterocycles. The minimum atomic E-state index is -0.137. The molecule has 2 heterocycles. The first-order valence-electron chi connectivity index (χ1n) is 11.3. The molecule has 5 nitrogen and oxygen atoms in total. The number of amides is 1. The Bertz CT molecular complexity index is 1460. The number of hydrogen-bond donors (Lipinski definition) is 0. The maximum Gasteiger partial charge on any atom is 0.281 e. The van der Waals surface area contributed by atoms with Crippen molar-refractivity contribution in [1.29, 1.82) is 0 Å². The molecular formula is C28H24BrN3O2S. The fourth-order valence-electron chi connectivity index (χ4n) is 4.28. The highest BCUT2D eigenvalue weighted by atomic mass is 79.9. The summed E-state index contributed by atoms with van der Waals surface area (Å²) in [6.07, 6.45) is 3.99. The molecule has 0 spiro atoms. The molecule has 4 aromatic rings. The number of thiocarbonyl (C=S) groups is 1. The number of hydrogen-bond acceptors (Lipinski definition) is 3. The van der Waals surface area contributed by atoms with Crippen LogP contribution in [0.25, 0.3) is 17.0 Å². The fourth-order valence-corrected chi connectivity index (χ4v) is 4.93. The van der Waals surface area contributed by atoms with Crippen LogP contribution in [-0.4, -0.2) is 34.1 Å². The molecule has 1 saturated heterocycles. The Balaban J connectivity index is 1.47. The summed E-state index contributed by atoms with van der Waals surface area (Å²) >= 11 is 9.20. The van der Waals surface area contributed by atoms with Gasteiger partial charge in [0.25, 0.3) is 5.91 Å². The molecule has 0 unspecified atom stereocenters. The van der Waals surface area contributed by atoms with Crippen molar-refractivity contribution in [2.24, 2.45) is 0 Å². The van der Waals surface area contributed by atoms with Gasteiger partial charge in [0.1, 0.15) is 18.1 Å². The van der Waals surface area contributed by atoms with Gasteiger partial charge in [0.15, 0.2) is 5.11 Å². The smallest absolute Gasteiger partial charge is 0.281 e. The number of rotatable bonds is 6. The molecule has 0 aliphatic carbocycles. The first-order chi connectivity index (χ1) is 16.9. The molecule has 5 rings (SSSR count). The van der Waals surface area contributed by atoms with Gasteiger partial charge < -0.3 is 14.2 Å². The number of benzene rings is 3. The van der Waals surface area contributed by atoms with Crippen LogP contribution >= 0.6 is 28.1 Å². The van der Waals surface area contributed by atoms with E-state index in [1.54, 1.807) is 9.80 Å². The molecule has 1 aliphatic rings. The third-order valence-electron chi connectivity index (χ3n) is 6.13. The third kappa shape index (κ3) is 4.49. The number of likely N-dealkylation sites (N-methyl/N-ethyl adjacent to an activating group) is 1. The van der Waals surface area contributed by atoms with E-state index in [2.05, 4.69) is 38.8 Å². The van der Waals surface area contributed by atoms with Crippen LogP contribution < -0.4 is 9.64 Å². The van der Waals surface area contributed by atoms with Crippen LogP contribution in [0, 0.1) is 6.92 Å². The lowest BCUT2D eigenvalue weighted by molar-refractivity contribution is -0.114. The first kappa shape index (κ1) is 23.3. The Morgan fingerprint density at radius 2 is 1.77 bits per heavy atom. The Hall–Kier alpha value is -3.42. The monoisotopic (exact) mass is 545 g/mol. The topological polar surface area (TPSA) is 37.7 Å². The zero-order valence-corrected chi connectivity index (χ0v) is 21.8. The number of halogens is 1. The normalized spacial score (nSPS) is 15.0. The van der Waals surface area contributed by atoms with Gasteiger partial charge in [0.2, 0.25) is 0 Å². The summed E-state index contributed by atoms with van der Waals surface area (Å²) in [5, 5.41) is 1.51. The van der Waals surface area contributed by atoms with E-state index in [4.69, 9.17) is 17.0 Å². The van der Waals surface area contributed by atoms with Gasteiger partial charge in [0, 0.05) is 34.2 Å². The van der Waals surface area contributed by atoms with Crippen molar-refractivity contribution in [3.8, 4) is 5.75 Å². The number of aromatic nitrogens is 1. The molecule has 0 bridgehead atoms. The van der Waals surface area contributed by atoms with Gasteiger partial charge in [-0.05, 0) is 67.2 Å². The molecule has 176 valence electrons. The molecule has 1 aromatic heterocycles. The van der Waals surface area contributed by atoms with Crippen molar-refractivity contribution in [2.75, 3.05) is 18.6 Å². The Labute approximate surface area is 218 Å². The number of carbonyl (C=O) groups is 1. The van der Waals surface area contributed by atoms with Crippen molar-refractivity contribution < 1.29 is 9.53 Å². The molecule has 0 saturated carbocycles. The SMILES string of the molecule is Cc1ccccc1OCCn1cc(/C=C2/C(=O)N(c3ccccc3)C(=S)N2C)c2cc(Br)ccc21. The Morgan fingerprint density at radius 3 is 2.54 bits per heavy atom. The van der Waals surface area contributed by atoms with Gasteiger partial charge in [-0.25, -0.2) is 0 Å². The van der Waals surface area contributed by atoms with E-state index in [0.717, 1.165) is 37.9 Å². The second kappa shape index (κ2) is 9.68. The van der Waals surface area contributed by atoms with E-state index in [1.165, 1.54) is 0 Å². The van der Waals surface area contributed by atoms with Crippen LogP contribution in [0.2, 0.25) is 0 Å². The Morgan fingerprint density at radius 1 is 1.03 bits per heavy atom. The molecular weight excluding hydrogens is 522 g/mol. The summed E-state index contributed by atoms with van der Waals surface area (Å²) in [6, 6.07) is 23.7. The van der Waals surface area contributed by atoms with Gasteiger partial charge >= 0.3 is 0 Å². The molecule has 0 atom stereocenters. The third-order valence-corrected chi connectivity index (χ3v) is 7.08. The molecule has 0 radical (unpaired) electrons. The van der Waals surface area contributed by atoms with Crippen molar-refractivity contribution in [2.45, 2.75) is 13.5 Å². The number of aryl methyl sites for hydroxylation is 1. The largest absolute Gasteiger partial charge is 0.491 e. The predicted octanol–water partition coefficient (Wildman–Crippen LogP) is 6.40. The Kier molecular flexibility index (Phi) is 6.45. The summed E-state index contributed by atoms with van der Waals surface area (Å²) < 4.78 is 9.18. The molecule has 1 amide bonds.